The van der Waals surface area contributed by atoms with E-state index in [4.69, 9.17) is 5.11 Å². The molecule has 0 spiro atoms. The average Bonchev–Trinajstić information content (AvgIpc) is 2.65. The van der Waals surface area contributed by atoms with Crippen LogP contribution in [0.2, 0.25) is 0 Å². The molecule has 19 heavy (non-hydrogen) atoms. The zero-order valence-corrected chi connectivity index (χ0v) is 10.9. The average molecular weight is 301 g/mol. The molecule has 3 N–H and O–H groups in total. The summed E-state index contributed by atoms with van der Waals surface area (Å²) in [6, 6.07) is 0. The first-order chi connectivity index (χ1) is 8.67. The highest BCUT2D eigenvalue weighted by molar-refractivity contribution is 7.89. The molecule has 1 aromatic rings. The van der Waals surface area contributed by atoms with Crippen LogP contribution in [0.4, 0.5) is 13.2 Å². The second-order valence-corrected chi connectivity index (χ2v) is 5.60. The van der Waals surface area contributed by atoms with Crippen LogP contribution in [-0.2, 0) is 16.6 Å². The SMILES string of the molecule is Cc1[nH]nc(CO)c1S(=O)(=O)NCCCC(F)(F)F. The number of aromatic amines is 1. The van der Waals surface area contributed by atoms with Gasteiger partial charge in [0.1, 0.15) is 10.6 Å². The number of aromatic nitrogens is 2. The fraction of sp³-hybridized carbons (Fsp3) is 0.667. The van der Waals surface area contributed by atoms with Crippen molar-refractivity contribution in [1.82, 2.24) is 14.9 Å². The van der Waals surface area contributed by atoms with E-state index in [1.54, 1.807) is 0 Å². The lowest BCUT2D eigenvalue weighted by Gasteiger charge is -2.08. The van der Waals surface area contributed by atoms with E-state index in [0.29, 0.717) is 0 Å². The summed E-state index contributed by atoms with van der Waals surface area (Å²) < 4.78 is 61.5. The van der Waals surface area contributed by atoms with E-state index in [0.717, 1.165) is 0 Å². The largest absolute Gasteiger partial charge is 0.390 e. The molecule has 0 unspecified atom stereocenters. The molecule has 0 aliphatic carbocycles. The molecule has 0 amide bonds. The van der Waals surface area contributed by atoms with Gasteiger partial charge in [0, 0.05) is 13.0 Å². The minimum atomic E-state index is -4.31. The smallest absolute Gasteiger partial charge is 0.389 e. The highest BCUT2D eigenvalue weighted by Crippen LogP contribution is 2.21. The molecule has 0 fully saturated rings. The van der Waals surface area contributed by atoms with E-state index in [-0.39, 0.29) is 29.2 Å². The van der Waals surface area contributed by atoms with Crippen LogP contribution in [0.5, 0.6) is 0 Å². The van der Waals surface area contributed by atoms with Gasteiger partial charge in [0.25, 0.3) is 0 Å². The number of nitrogens with one attached hydrogen (secondary N) is 2. The van der Waals surface area contributed by atoms with E-state index in [1.807, 2.05) is 0 Å². The summed E-state index contributed by atoms with van der Waals surface area (Å²) in [5, 5.41) is 14.9. The van der Waals surface area contributed by atoms with E-state index < -0.39 is 29.2 Å². The van der Waals surface area contributed by atoms with Crippen LogP contribution in [0, 0.1) is 6.92 Å². The number of aryl methyl sites for hydroxylation is 1. The van der Waals surface area contributed by atoms with Crippen LogP contribution < -0.4 is 4.72 Å². The number of H-pyrrole nitrogens is 1. The Morgan fingerprint density at radius 1 is 1.42 bits per heavy atom. The van der Waals surface area contributed by atoms with Crippen molar-refractivity contribution >= 4 is 10.0 Å². The Hall–Kier alpha value is -1.13. The Morgan fingerprint density at radius 2 is 2.05 bits per heavy atom. The molecule has 0 saturated heterocycles. The zero-order valence-electron chi connectivity index (χ0n) is 10.1. The van der Waals surface area contributed by atoms with Gasteiger partial charge >= 0.3 is 6.18 Å². The fourth-order valence-electron chi connectivity index (χ4n) is 1.50. The van der Waals surface area contributed by atoms with Crippen LogP contribution in [0.15, 0.2) is 4.90 Å². The quantitative estimate of drug-likeness (QED) is 0.678. The number of aliphatic hydroxyl groups excluding tert-OH is 1. The monoisotopic (exact) mass is 301 g/mol. The van der Waals surface area contributed by atoms with Gasteiger partial charge in [0.15, 0.2) is 0 Å². The van der Waals surface area contributed by atoms with E-state index in [2.05, 4.69) is 14.9 Å². The second-order valence-electron chi connectivity index (χ2n) is 3.90. The lowest BCUT2D eigenvalue weighted by molar-refractivity contribution is -0.135. The van der Waals surface area contributed by atoms with E-state index in [9.17, 15) is 21.6 Å². The molecule has 1 heterocycles. The summed E-state index contributed by atoms with van der Waals surface area (Å²) in [6.07, 6.45) is -5.73. The Labute approximate surface area is 108 Å². The first kappa shape index (κ1) is 15.9. The molecule has 110 valence electrons. The van der Waals surface area contributed by atoms with Crippen molar-refractivity contribution in [2.24, 2.45) is 0 Å². The standard InChI is InChI=1S/C9H14F3N3O3S/c1-6-8(7(5-16)15-14-6)19(17,18)13-4-2-3-9(10,11)12/h13,16H,2-5H2,1H3,(H,14,15). The maximum Gasteiger partial charge on any atom is 0.389 e. The zero-order chi connectivity index (χ0) is 14.7. The number of rotatable bonds is 6. The summed E-state index contributed by atoms with van der Waals surface area (Å²) in [5.41, 5.74) is 0.146. The van der Waals surface area contributed by atoms with E-state index in [1.165, 1.54) is 6.92 Å². The van der Waals surface area contributed by atoms with Gasteiger partial charge in [-0.1, -0.05) is 0 Å². The third kappa shape index (κ3) is 4.48. The normalized spacial score (nSPS) is 12.9. The number of hydrogen-bond donors (Lipinski definition) is 3. The highest BCUT2D eigenvalue weighted by Gasteiger charge is 2.27. The summed E-state index contributed by atoms with van der Waals surface area (Å²) in [6.45, 7) is 0.525. The molecular weight excluding hydrogens is 287 g/mol. The van der Waals surface area contributed by atoms with Crippen molar-refractivity contribution in [2.45, 2.75) is 37.4 Å². The van der Waals surface area contributed by atoms with Gasteiger partial charge < -0.3 is 5.11 Å². The summed E-state index contributed by atoms with van der Waals surface area (Å²) in [4.78, 5) is -0.220. The van der Waals surface area contributed by atoms with Crippen molar-refractivity contribution < 1.29 is 26.7 Å². The first-order valence-corrected chi connectivity index (χ1v) is 6.87. The van der Waals surface area contributed by atoms with Crippen LogP contribution >= 0.6 is 0 Å². The number of alkyl halides is 3. The number of nitrogens with zero attached hydrogens (tertiary/aromatic N) is 1. The number of halogens is 3. The molecule has 0 aliphatic heterocycles. The van der Waals surface area contributed by atoms with Gasteiger partial charge in [-0.15, -0.1) is 0 Å². The summed E-state index contributed by atoms with van der Waals surface area (Å²) in [7, 11) is -3.98. The lowest BCUT2D eigenvalue weighted by Crippen LogP contribution is -2.27. The number of sulfonamides is 1. The Balaban J connectivity index is 2.69. The van der Waals surface area contributed by atoms with Crippen LogP contribution in [0.3, 0.4) is 0 Å². The molecule has 0 aliphatic rings. The minimum Gasteiger partial charge on any atom is -0.390 e. The van der Waals surface area contributed by atoms with Gasteiger partial charge in [-0.3, -0.25) is 5.10 Å². The molecule has 0 saturated carbocycles. The molecule has 1 rings (SSSR count). The fourth-order valence-corrected chi connectivity index (χ4v) is 2.93. The lowest BCUT2D eigenvalue weighted by atomic mass is 10.3. The topological polar surface area (TPSA) is 95.1 Å². The first-order valence-electron chi connectivity index (χ1n) is 5.38. The highest BCUT2D eigenvalue weighted by atomic mass is 32.2. The number of aliphatic hydroxyl groups is 1. The maximum absolute atomic E-state index is 11.9. The van der Waals surface area contributed by atoms with Crippen molar-refractivity contribution in [2.75, 3.05) is 6.54 Å². The molecule has 0 aromatic carbocycles. The van der Waals surface area contributed by atoms with Gasteiger partial charge in [-0.05, 0) is 13.3 Å². The molecule has 1 aromatic heterocycles. The van der Waals surface area contributed by atoms with Crippen molar-refractivity contribution in [3.8, 4) is 0 Å². The van der Waals surface area contributed by atoms with Crippen LogP contribution in [-0.4, -0.2) is 36.4 Å². The van der Waals surface area contributed by atoms with Gasteiger partial charge in [-0.2, -0.15) is 18.3 Å². The minimum absolute atomic E-state index is 0.0687. The molecular formula is C9H14F3N3O3S. The molecule has 6 nitrogen and oxygen atoms in total. The van der Waals surface area contributed by atoms with Gasteiger partial charge in [0.05, 0.1) is 12.3 Å². The van der Waals surface area contributed by atoms with Crippen molar-refractivity contribution in [3.05, 3.63) is 11.4 Å². The predicted molar refractivity (Wildman–Crippen MR) is 59.7 cm³/mol. The molecule has 10 heteroatoms. The van der Waals surface area contributed by atoms with Gasteiger partial charge in [-0.25, -0.2) is 13.1 Å². The van der Waals surface area contributed by atoms with E-state index >= 15 is 0 Å². The van der Waals surface area contributed by atoms with Crippen molar-refractivity contribution in [1.29, 1.82) is 0 Å². The third-order valence-electron chi connectivity index (χ3n) is 2.31. The maximum atomic E-state index is 11.9. The second kappa shape index (κ2) is 5.88. The number of hydrogen-bond acceptors (Lipinski definition) is 4. The summed E-state index contributed by atoms with van der Waals surface area (Å²) >= 11 is 0. The Bertz CT molecular complexity index is 525. The molecule has 0 radical (unpaired) electrons. The third-order valence-corrected chi connectivity index (χ3v) is 3.97. The Kier molecular flexibility index (Phi) is 4.93. The van der Waals surface area contributed by atoms with Crippen LogP contribution in [0.1, 0.15) is 24.2 Å². The predicted octanol–water partition coefficient (Wildman–Crippen LogP) is 0.831. The van der Waals surface area contributed by atoms with Crippen molar-refractivity contribution in [3.63, 3.8) is 0 Å². The molecule has 0 atom stereocenters. The Morgan fingerprint density at radius 3 is 2.58 bits per heavy atom. The molecule has 0 bridgehead atoms. The van der Waals surface area contributed by atoms with Gasteiger partial charge in [0.2, 0.25) is 10.0 Å². The van der Waals surface area contributed by atoms with Crippen LogP contribution in [0.25, 0.3) is 0 Å². The summed E-state index contributed by atoms with van der Waals surface area (Å²) in [5.74, 6) is 0.